The van der Waals surface area contributed by atoms with Crippen LogP contribution in [0.15, 0.2) is 5.38 Å². The molecule has 0 atom stereocenters. The van der Waals surface area contributed by atoms with Gasteiger partial charge in [-0.2, -0.15) is 0 Å². The number of thiazole rings is 1. The van der Waals surface area contributed by atoms with Crippen LogP contribution < -0.4 is 0 Å². The number of amides is 1. The Morgan fingerprint density at radius 3 is 2.86 bits per heavy atom. The number of rotatable bonds is 2. The molecule has 0 radical (unpaired) electrons. The van der Waals surface area contributed by atoms with Crippen molar-refractivity contribution in [1.29, 1.82) is 0 Å². The van der Waals surface area contributed by atoms with Crippen LogP contribution in [0.3, 0.4) is 0 Å². The number of Topliss-reactive ketones (excluding diaryl/α,β-unsaturated/α-hetero) is 1. The lowest BCUT2D eigenvalue weighted by molar-refractivity contribution is -0.128. The molecule has 1 amide bonds. The normalized spacial score (nSPS) is 16.8. The van der Waals surface area contributed by atoms with Crippen molar-refractivity contribution in [3.05, 3.63) is 16.1 Å². The van der Waals surface area contributed by atoms with Gasteiger partial charge in [-0.15, -0.1) is 11.3 Å². The maximum Gasteiger partial charge on any atom is 0.230 e. The van der Waals surface area contributed by atoms with Gasteiger partial charge in [0.1, 0.15) is 0 Å². The summed E-state index contributed by atoms with van der Waals surface area (Å²) < 4.78 is 0. The number of hydrogen-bond donors (Lipinski definition) is 0. The zero-order chi connectivity index (χ0) is 10.1. The summed E-state index contributed by atoms with van der Waals surface area (Å²) in [6, 6.07) is 0. The quantitative estimate of drug-likeness (QED) is 0.677. The second kappa shape index (κ2) is 3.49. The van der Waals surface area contributed by atoms with Crippen LogP contribution >= 0.6 is 11.3 Å². The van der Waals surface area contributed by atoms with Gasteiger partial charge in [0.05, 0.1) is 30.2 Å². The van der Waals surface area contributed by atoms with E-state index in [9.17, 15) is 9.59 Å². The number of carbonyl (C=O) groups is 2. The second-order valence-corrected chi connectivity index (χ2v) is 4.39. The van der Waals surface area contributed by atoms with E-state index < -0.39 is 0 Å². The van der Waals surface area contributed by atoms with E-state index in [0.29, 0.717) is 6.54 Å². The molecule has 1 aliphatic heterocycles. The molecule has 0 saturated carbocycles. The minimum Gasteiger partial charge on any atom is -0.329 e. The van der Waals surface area contributed by atoms with E-state index in [-0.39, 0.29) is 24.7 Å². The number of nitrogens with zero attached hydrogens (tertiary/aromatic N) is 2. The lowest BCUT2D eigenvalue weighted by Gasteiger charge is -2.11. The molecule has 1 aromatic rings. The Labute approximate surface area is 85.6 Å². The molecule has 74 valence electrons. The summed E-state index contributed by atoms with van der Waals surface area (Å²) in [7, 11) is 0. The van der Waals surface area contributed by atoms with Gasteiger partial charge in [0.2, 0.25) is 5.91 Å². The average molecular weight is 210 g/mol. The molecule has 1 aliphatic rings. The number of hydrogen-bond acceptors (Lipinski definition) is 4. The minimum absolute atomic E-state index is 0.00181. The van der Waals surface area contributed by atoms with Crippen LogP contribution in [0, 0.1) is 6.92 Å². The van der Waals surface area contributed by atoms with E-state index in [2.05, 4.69) is 4.98 Å². The lowest BCUT2D eigenvalue weighted by atomic mass is 10.3. The summed E-state index contributed by atoms with van der Waals surface area (Å²) >= 11 is 1.56. The van der Waals surface area contributed by atoms with Gasteiger partial charge in [-0.25, -0.2) is 4.98 Å². The summed E-state index contributed by atoms with van der Waals surface area (Å²) in [6.45, 7) is 2.63. The third-order valence-corrected chi connectivity index (χ3v) is 2.91. The SMILES string of the molecule is Cc1nc(CN2CC(=O)CC2=O)cs1. The predicted molar refractivity (Wildman–Crippen MR) is 51.9 cm³/mol. The number of likely N-dealkylation sites (tertiary alicyclic amines) is 1. The van der Waals surface area contributed by atoms with Crippen LogP contribution in [-0.2, 0) is 16.1 Å². The Balaban J connectivity index is 2.05. The van der Waals surface area contributed by atoms with Crippen molar-refractivity contribution >= 4 is 23.0 Å². The van der Waals surface area contributed by atoms with Gasteiger partial charge in [0.25, 0.3) is 0 Å². The lowest BCUT2D eigenvalue weighted by Crippen LogP contribution is -2.24. The maximum atomic E-state index is 11.3. The fourth-order valence-corrected chi connectivity index (χ4v) is 2.06. The van der Waals surface area contributed by atoms with Crippen LogP contribution in [0.4, 0.5) is 0 Å². The van der Waals surface area contributed by atoms with E-state index in [1.807, 2.05) is 12.3 Å². The van der Waals surface area contributed by atoms with E-state index in [4.69, 9.17) is 0 Å². The first kappa shape index (κ1) is 9.33. The van der Waals surface area contributed by atoms with Gasteiger partial charge >= 0.3 is 0 Å². The standard InChI is InChI=1S/C9H10N2O2S/c1-6-10-7(5-14-6)3-11-4-8(12)2-9(11)13/h5H,2-4H2,1H3. The Morgan fingerprint density at radius 2 is 2.36 bits per heavy atom. The highest BCUT2D eigenvalue weighted by Gasteiger charge is 2.27. The van der Waals surface area contributed by atoms with Crippen molar-refractivity contribution in [3.8, 4) is 0 Å². The number of ketones is 1. The van der Waals surface area contributed by atoms with Crippen molar-refractivity contribution in [2.75, 3.05) is 6.54 Å². The number of aryl methyl sites for hydroxylation is 1. The van der Waals surface area contributed by atoms with Crippen LogP contribution in [0.25, 0.3) is 0 Å². The van der Waals surface area contributed by atoms with Crippen LogP contribution in [0.5, 0.6) is 0 Å². The molecule has 5 heteroatoms. The molecule has 2 rings (SSSR count). The molecule has 14 heavy (non-hydrogen) atoms. The predicted octanol–water partition coefficient (Wildman–Crippen LogP) is 0.753. The smallest absolute Gasteiger partial charge is 0.230 e. The molecule has 0 aromatic carbocycles. The van der Waals surface area contributed by atoms with E-state index >= 15 is 0 Å². The molecule has 1 aromatic heterocycles. The largest absolute Gasteiger partial charge is 0.329 e. The zero-order valence-electron chi connectivity index (χ0n) is 7.82. The highest BCUT2D eigenvalue weighted by Crippen LogP contribution is 2.14. The van der Waals surface area contributed by atoms with Gasteiger partial charge in [0.15, 0.2) is 5.78 Å². The summed E-state index contributed by atoms with van der Waals surface area (Å²) in [6.07, 6.45) is 0.0587. The molecule has 0 N–H and O–H groups in total. The van der Waals surface area contributed by atoms with E-state index in [0.717, 1.165) is 10.7 Å². The molecule has 2 heterocycles. The monoisotopic (exact) mass is 210 g/mol. The van der Waals surface area contributed by atoms with Gasteiger partial charge < -0.3 is 4.90 Å². The summed E-state index contributed by atoms with van der Waals surface area (Å²) in [5, 5.41) is 2.91. The minimum atomic E-state index is -0.0827. The Bertz CT molecular complexity index is 386. The first-order chi connectivity index (χ1) is 6.65. The third-order valence-electron chi connectivity index (χ3n) is 2.09. The molecule has 0 bridgehead atoms. The highest BCUT2D eigenvalue weighted by atomic mass is 32.1. The molecule has 0 aliphatic carbocycles. The molecule has 0 unspecified atom stereocenters. The molecular formula is C9H10N2O2S. The molecule has 1 fully saturated rings. The van der Waals surface area contributed by atoms with Gasteiger partial charge in [-0.1, -0.05) is 0 Å². The third kappa shape index (κ3) is 1.82. The number of aromatic nitrogens is 1. The molecule has 0 spiro atoms. The maximum absolute atomic E-state index is 11.3. The first-order valence-electron chi connectivity index (χ1n) is 4.35. The topological polar surface area (TPSA) is 50.3 Å². The van der Waals surface area contributed by atoms with Crippen molar-refractivity contribution in [1.82, 2.24) is 9.88 Å². The summed E-state index contributed by atoms with van der Waals surface area (Å²) in [5.74, 6) is -0.0809. The zero-order valence-corrected chi connectivity index (χ0v) is 8.63. The van der Waals surface area contributed by atoms with Crippen LogP contribution in [0.2, 0.25) is 0 Å². The van der Waals surface area contributed by atoms with Crippen molar-refractivity contribution in [2.24, 2.45) is 0 Å². The van der Waals surface area contributed by atoms with E-state index in [1.165, 1.54) is 0 Å². The number of carbonyl (C=O) groups excluding carboxylic acids is 2. The van der Waals surface area contributed by atoms with Crippen LogP contribution in [0.1, 0.15) is 17.1 Å². The molecule has 1 saturated heterocycles. The van der Waals surface area contributed by atoms with Crippen LogP contribution in [-0.4, -0.2) is 28.1 Å². The van der Waals surface area contributed by atoms with Gasteiger partial charge in [-0.05, 0) is 6.92 Å². The van der Waals surface area contributed by atoms with Crippen molar-refractivity contribution < 1.29 is 9.59 Å². The summed E-state index contributed by atoms with van der Waals surface area (Å²) in [5.41, 5.74) is 0.871. The Morgan fingerprint density at radius 1 is 1.57 bits per heavy atom. The second-order valence-electron chi connectivity index (χ2n) is 3.32. The highest BCUT2D eigenvalue weighted by molar-refractivity contribution is 7.09. The molecular weight excluding hydrogens is 200 g/mol. The Hall–Kier alpha value is -1.23. The average Bonchev–Trinajstić information content (AvgIpc) is 2.61. The van der Waals surface area contributed by atoms with Gasteiger partial charge in [0, 0.05) is 5.38 Å². The summed E-state index contributed by atoms with van der Waals surface area (Å²) in [4.78, 5) is 28.1. The first-order valence-corrected chi connectivity index (χ1v) is 5.23. The van der Waals surface area contributed by atoms with Crippen molar-refractivity contribution in [3.63, 3.8) is 0 Å². The Kier molecular flexibility index (Phi) is 2.33. The fraction of sp³-hybridized carbons (Fsp3) is 0.444. The van der Waals surface area contributed by atoms with E-state index in [1.54, 1.807) is 16.2 Å². The fourth-order valence-electron chi connectivity index (χ4n) is 1.46. The van der Waals surface area contributed by atoms with Gasteiger partial charge in [-0.3, -0.25) is 9.59 Å². The van der Waals surface area contributed by atoms with Crippen molar-refractivity contribution in [2.45, 2.75) is 19.9 Å². The molecule has 4 nitrogen and oxygen atoms in total.